The van der Waals surface area contributed by atoms with Gasteiger partial charge in [-0.15, -0.1) is 0 Å². The highest BCUT2D eigenvalue weighted by atomic mass is 32.2. The Bertz CT molecular complexity index is 1250. The van der Waals surface area contributed by atoms with Gasteiger partial charge in [0.1, 0.15) is 16.4 Å². The van der Waals surface area contributed by atoms with Crippen molar-refractivity contribution in [2.75, 3.05) is 38.2 Å². The fourth-order valence-electron chi connectivity index (χ4n) is 4.16. The lowest BCUT2D eigenvalue weighted by Crippen LogP contribution is -2.48. The first-order valence-corrected chi connectivity index (χ1v) is 12.1. The minimum absolute atomic E-state index is 0.0187. The highest BCUT2D eigenvalue weighted by Crippen LogP contribution is 2.35. The van der Waals surface area contributed by atoms with Gasteiger partial charge in [0.25, 0.3) is 0 Å². The average molecular weight is 470 g/mol. The highest BCUT2D eigenvalue weighted by Gasteiger charge is 2.31. The highest BCUT2D eigenvalue weighted by molar-refractivity contribution is 7.89. The number of nitrogens with zero attached hydrogens (tertiary/aromatic N) is 3. The summed E-state index contributed by atoms with van der Waals surface area (Å²) in [7, 11) is -2.32. The molecule has 0 unspecified atom stereocenters. The second-order valence-corrected chi connectivity index (χ2v) is 9.97. The van der Waals surface area contributed by atoms with Crippen LogP contribution in [0.4, 0.5) is 5.69 Å². The summed E-state index contributed by atoms with van der Waals surface area (Å²) < 4.78 is 39.3. The quantitative estimate of drug-likeness (QED) is 0.509. The number of rotatable bonds is 6. The zero-order valence-corrected chi connectivity index (χ0v) is 20.0. The van der Waals surface area contributed by atoms with Crippen molar-refractivity contribution < 1.29 is 22.5 Å². The topological polar surface area (TPSA) is 92.9 Å². The Morgan fingerprint density at radius 1 is 1.03 bits per heavy atom. The van der Waals surface area contributed by atoms with Crippen LogP contribution < -0.4 is 9.64 Å². The molecule has 2 aromatic carbocycles. The molecule has 0 N–H and O–H groups in total. The zero-order chi connectivity index (χ0) is 23.8. The molecule has 0 amide bonds. The van der Waals surface area contributed by atoms with Crippen molar-refractivity contribution in [1.29, 1.82) is 0 Å². The summed E-state index contributed by atoms with van der Waals surface area (Å²) in [6.45, 7) is 6.94. The third-order valence-electron chi connectivity index (χ3n) is 5.98. The minimum Gasteiger partial charge on any atom is -0.495 e. The van der Waals surface area contributed by atoms with Crippen LogP contribution in [0.25, 0.3) is 11.1 Å². The van der Waals surface area contributed by atoms with Crippen molar-refractivity contribution in [1.82, 2.24) is 9.46 Å². The van der Waals surface area contributed by atoms with E-state index in [1.807, 2.05) is 25.1 Å². The molecule has 3 aromatic rings. The summed E-state index contributed by atoms with van der Waals surface area (Å²) >= 11 is 0. The molecule has 0 bridgehead atoms. The van der Waals surface area contributed by atoms with Crippen LogP contribution in [0.3, 0.4) is 0 Å². The Hall–Kier alpha value is -3.17. The molecule has 9 heteroatoms. The van der Waals surface area contributed by atoms with Gasteiger partial charge in [0.2, 0.25) is 10.0 Å². The Morgan fingerprint density at radius 3 is 2.24 bits per heavy atom. The van der Waals surface area contributed by atoms with E-state index in [2.05, 4.69) is 10.1 Å². The zero-order valence-electron chi connectivity index (χ0n) is 19.2. The molecule has 1 aliphatic heterocycles. The molecule has 0 radical (unpaired) electrons. The van der Waals surface area contributed by atoms with Crippen molar-refractivity contribution in [3.05, 3.63) is 59.5 Å². The molecule has 174 valence electrons. The number of methoxy groups -OCH3 is 1. The largest absolute Gasteiger partial charge is 0.495 e. The molecule has 2 heterocycles. The van der Waals surface area contributed by atoms with Crippen LogP contribution in [-0.4, -0.2) is 57.0 Å². The van der Waals surface area contributed by atoms with E-state index in [-0.39, 0.29) is 10.7 Å². The summed E-state index contributed by atoms with van der Waals surface area (Å²) in [5, 5.41) is 3.98. The van der Waals surface area contributed by atoms with E-state index in [1.165, 1.54) is 18.3 Å². The van der Waals surface area contributed by atoms with Crippen LogP contribution in [0.2, 0.25) is 0 Å². The lowest BCUT2D eigenvalue weighted by Gasteiger charge is -2.35. The number of aromatic nitrogens is 1. The molecule has 0 spiro atoms. The molecule has 0 aliphatic carbocycles. The number of piperazine rings is 1. The summed E-state index contributed by atoms with van der Waals surface area (Å²) in [6, 6.07) is 12.5. The predicted octanol–water partition coefficient (Wildman–Crippen LogP) is 3.68. The van der Waals surface area contributed by atoms with Crippen LogP contribution >= 0.6 is 0 Å². The van der Waals surface area contributed by atoms with Gasteiger partial charge in [0.15, 0.2) is 5.78 Å². The summed E-state index contributed by atoms with van der Waals surface area (Å²) in [5.74, 6) is 0.948. The third kappa shape index (κ3) is 4.38. The van der Waals surface area contributed by atoms with E-state index in [1.54, 1.807) is 31.2 Å². The van der Waals surface area contributed by atoms with E-state index in [9.17, 15) is 13.2 Å². The smallest absolute Gasteiger partial charge is 0.246 e. The van der Waals surface area contributed by atoms with Gasteiger partial charge >= 0.3 is 0 Å². The first kappa shape index (κ1) is 23.0. The SMILES string of the molecule is COc1ccc(-c2c(C)noc2C)cc1S(=O)(=O)N1CCN(c2ccc(C(C)=O)cc2)CC1. The fourth-order valence-corrected chi connectivity index (χ4v) is 5.77. The van der Waals surface area contributed by atoms with Crippen LogP contribution in [-0.2, 0) is 10.0 Å². The summed E-state index contributed by atoms with van der Waals surface area (Å²) in [6.07, 6.45) is 0. The Balaban J connectivity index is 1.57. The molecule has 33 heavy (non-hydrogen) atoms. The molecule has 1 saturated heterocycles. The molecule has 1 fully saturated rings. The monoisotopic (exact) mass is 469 g/mol. The van der Waals surface area contributed by atoms with Gasteiger partial charge in [-0.1, -0.05) is 11.2 Å². The second kappa shape index (κ2) is 8.99. The number of ether oxygens (including phenoxy) is 1. The number of carbonyl (C=O) groups is 1. The van der Waals surface area contributed by atoms with Crippen molar-refractivity contribution >= 4 is 21.5 Å². The molecule has 8 nitrogen and oxygen atoms in total. The van der Waals surface area contributed by atoms with Gasteiger partial charge in [-0.2, -0.15) is 4.31 Å². The third-order valence-corrected chi connectivity index (χ3v) is 7.90. The molecule has 1 aromatic heterocycles. The number of ketones is 1. The lowest BCUT2D eigenvalue weighted by atomic mass is 10.0. The summed E-state index contributed by atoms with van der Waals surface area (Å²) in [5.41, 5.74) is 3.83. The van der Waals surface area contributed by atoms with Gasteiger partial charge in [-0.25, -0.2) is 8.42 Å². The van der Waals surface area contributed by atoms with E-state index in [4.69, 9.17) is 9.26 Å². The number of hydrogen-bond donors (Lipinski definition) is 0. The Labute approximate surface area is 193 Å². The summed E-state index contributed by atoms with van der Waals surface area (Å²) in [4.78, 5) is 13.7. The first-order valence-electron chi connectivity index (χ1n) is 10.7. The average Bonchev–Trinajstić information content (AvgIpc) is 3.16. The number of aryl methyl sites for hydroxylation is 2. The van der Waals surface area contributed by atoms with Gasteiger partial charge in [-0.3, -0.25) is 4.79 Å². The standard InChI is InChI=1S/C24H27N3O5S/c1-16-24(18(3)32-25-16)20-7-10-22(31-4)23(15-20)33(29,30)27-13-11-26(12-14-27)21-8-5-19(6-9-21)17(2)28/h5-10,15H,11-14H2,1-4H3. The molecule has 0 atom stereocenters. The Kier molecular flexibility index (Phi) is 6.27. The Morgan fingerprint density at radius 2 is 1.70 bits per heavy atom. The van der Waals surface area contributed by atoms with Gasteiger partial charge in [0, 0.05) is 43.0 Å². The predicted molar refractivity (Wildman–Crippen MR) is 125 cm³/mol. The van der Waals surface area contributed by atoms with Gasteiger partial charge in [-0.05, 0) is 62.7 Å². The number of Topliss-reactive ketones (excluding diaryl/α,β-unsaturated/α-hetero) is 1. The normalized spacial score (nSPS) is 15.0. The van der Waals surface area contributed by atoms with E-state index in [0.29, 0.717) is 48.9 Å². The first-order chi connectivity index (χ1) is 15.7. The van der Waals surface area contributed by atoms with Crippen LogP contribution in [0.1, 0.15) is 28.7 Å². The van der Waals surface area contributed by atoms with Crippen molar-refractivity contribution in [2.45, 2.75) is 25.7 Å². The maximum atomic E-state index is 13.6. The number of hydrogen-bond acceptors (Lipinski definition) is 7. The number of sulfonamides is 1. The fraction of sp³-hybridized carbons (Fsp3) is 0.333. The van der Waals surface area contributed by atoms with E-state index < -0.39 is 10.0 Å². The molecule has 0 saturated carbocycles. The van der Waals surface area contributed by atoms with Crippen molar-refractivity contribution in [3.8, 4) is 16.9 Å². The molecule has 1 aliphatic rings. The minimum atomic E-state index is -3.78. The lowest BCUT2D eigenvalue weighted by molar-refractivity contribution is 0.101. The van der Waals surface area contributed by atoms with Crippen molar-refractivity contribution in [3.63, 3.8) is 0 Å². The van der Waals surface area contributed by atoms with E-state index in [0.717, 1.165) is 16.8 Å². The van der Waals surface area contributed by atoms with Gasteiger partial charge in [0.05, 0.1) is 12.8 Å². The number of anilines is 1. The van der Waals surface area contributed by atoms with Crippen LogP contribution in [0.5, 0.6) is 5.75 Å². The maximum absolute atomic E-state index is 13.6. The number of benzene rings is 2. The number of carbonyl (C=O) groups excluding carboxylic acids is 1. The molecule has 4 rings (SSSR count). The maximum Gasteiger partial charge on any atom is 0.246 e. The molecular formula is C24H27N3O5S. The van der Waals surface area contributed by atoms with Crippen molar-refractivity contribution in [2.24, 2.45) is 0 Å². The van der Waals surface area contributed by atoms with E-state index >= 15 is 0 Å². The second-order valence-electron chi connectivity index (χ2n) is 8.06. The van der Waals surface area contributed by atoms with Crippen LogP contribution in [0.15, 0.2) is 51.9 Å². The molecular weight excluding hydrogens is 442 g/mol. The van der Waals surface area contributed by atoms with Gasteiger partial charge < -0.3 is 14.2 Å². The van der Waals surface area contributed by atoms with Crippen LogP contribution in [0, 0.1) is 13.8 Å².